The van der Waals surface area contributed by atoms with Gasteiger partial charge < -0.3 is 14.3 Å². The number of halogens is 1. The van der Waals surface area contributed by atoms with Gasteiger partial charge in [-0.15, -0.1) is 21.5 Å². The standard InChI is InChI=1S/C12H16BrN3O3S/c1-16(5-8(17)7-18-2)6-11-14-15-12(19-11)9-3-4-10(13)20-9/h3-4,8,17H,5-7H2,1-2H3. The zero-order valence-corrected chi connectivity index (χ0v) is 13.6. The van der Waals surface area contributed by atoms with E-state index in [0.29, 0.717) is 31.5 Å². The second-order valence-corrected chi connectivity index (χ2v) is 6.87. The molecule has 0 fully saturated rings. The Labute approximate surface area is 129 Å². The van der Waals surface area contributed by atoms with Crippen molar-refractivity contribution in [3.05, 3.63) is 21.8 Å². The third kappa shape index (κ3) is 4.35. The molecule has 0 amide bonds. The van der Waals surface area contributed by atoms with E-state index < -0.39 is 6.10 Å². The summed E-state index contributed by atoms with van der Waals surface area (Å²) in [4.78, 5) is 2.84. The normalized spacial score (nSPS) is 13.1. The van der Waals surface area contributed by atoms with Crippen molar-refractivity contribution in [2.24, 2.45) is 0 Å². The molecule has 0 saturated carbocycles. The Morgan fingerprint density at radius 2 is 2.30 bits per heavy atom. The lowest BCUT2D eigenvalue weighted by Gasteiger charge is -2.18. The van der Waals surface area contributed by atoms with Gasteiger partial charge in [0.25, 0.3) is 5.89 Å². The van der Waals surface area contributed by atoms with E-state index in [1.165, 1.54) is 0 Å². The highest BCUT2D eigenvalue weighted by Crippen LogP contribution is 2.30. The minimum atomic E-state index is -0.527. The van der Waals surface area contributed by atoms with Gasteiger partial charge in [-0.3, -0.25) is 4.90 Å². The maximum absolute atomic E-state index is 9.65. The molecule has 0 aliphatic carbocycles. The third-order valence-corrected chi connectivity index (χ3v) is 4.15. The molecule has 0 aliphatic rings. The predicted octanol–water partition coefficient (Wildman–Crippen LogP) is 2.00. The van der Waals surface area contributed by atoms with Gasteiger partial charge >= 0.3 is 0 Å². The lowest BCUT2D eigenvalue weighted by atomic mass is 10.3. The van der Waals surface area contributed by atoms with Crippen LogP contribution in [0.5, 0.6) is 0 Å². The molecule has 0 spiro atoms. The molecule has 2 aromatic heterocycles. The van der Waals surface area contributed by atoms with Crippen molar-refractivity contribution in [2.75, 3.05) is 27.3 Å². The molecular weight excluding hydrogens is 346 g/mol. The summed E-state index contributed by atoms with van der Waals surface area (Å²) in [6.07, 6.45) is -0.527. The molecule has 0 radical (unpaired) electrons. The topological polar surface area (TPSA) is 71.6 Å². The van der Waals surface area contributed by atoms with Crippen molar-refractivity contribution in [1.29, 1.82) is 0 Å². The zero-order chi connectivity index (χ0) is 14.5. The molecular formula is C12H16BrN3O3S. The molecule has 20 heavy (non-hydrogen) atoms. The summed E-state index contributed by atoms with van der Waals surface area (Å²) in [6.45, 7) is 1.28. The first-order chi connectivity index (χ1) is 9.58. The van der Waals surface area contributed by atoms with Gasteiger partial charge in [0, 0.05) is 13.7 Å². The molecule has 2 rings (SSSR count). The van der Waals surface area contributed by atoms with Crippen molar-refractivity contribution in [2.45, 2.75) is 12.6 Å². The molecule has 0 aromatic carbocycles. The van der Waals surface area contributed by atoms with Crippen molar-refractivity contribution in [3.63, 3.8) is 0 Å². The monoisotopic (exact) mass is 361 g/mol. The van der Waals surface area contributed by atoms with Crippen LogP contribution < -0.4 is 0 Å². The van der Waals surface area contributed by atoms with Crippen LogP contribution in [0.25, 0.3) is 10.8 Å². The van der Waals surface area contributed by atoms with E-state index in [0.717, 1.165) is 8.66 Å². The first-order valence-corrected chi connectivity index (χ1v) is 7.63. The summed E-state index contributed by atoms with van der Waals surface area (Å²) in [5.41, 5.74) is 0. The third-order valence-electron chi connectivity index (χ3n) is 2.54. The van der Waals surface area contributed by atoms with Crippen molar-refractivity contribution in [1.82, 2.24) is 15.1 Å². The second-order valence-electron chi connectivity index (χ2n) is 4.41. The van der Waals surface area contributed by atoms with Gasteiger partial charge in [0.15, 0.2) is 0 Å². The molecule has 2 heterocycles. The molecule has 1 atom stereocenters. The van der Waals surface area contributed by atoms with E-state index in [2.05, 4.69) is 26.1 Å². The summed E-state index contributed by atoms with van der Waals surface area (Å²) < 4.78 is 11.5. The highest BCUT2D eigenvalue weighted by atomic mass is 79.9. The van der Waals surface area contributed by atoms with E-state index in [1.807, 2.05) is 24.1 Å². The fourth-order valence-corrected chi connectivity index (χ4v) is 3.05. The van der Waals surface area contributed by atoms with Crippen molar-refractivity contribution >= 4 is 27.3 Å². The van der Waals surface area contributed by atoms with Gasteiger partial charge in [-0.05, 0) is 35.1 Å². The quantitative estimate of drug-likeness (QED) is 0.812. The summed E-state index contributed by atoms with van der Waals surface area (Å²) in [5.74, 6) is 1.04. The maximum atomic E-state index is 9.65. The summed E-state index contributed by atoms with van der Waals surface area (Å²) in [7, 11) is 3.44. The Balaban J connectivity index is 1.92. The molecule has 2 aromatic rings. The summed E-state index contributed by atoms with van der Waals surface area (Å²) >= 11 is 4.94. The van der Waals surface area contributed by atoms with Gasteiger partial charge in [-0.2, -0.15) is 0 Å². The van der Waals surface area contributed by atoms with E-state index in [4.69, 9.17) is 9.15 Å². The number of aliphatic hydroxyl groups is 1. The maximum Gasteiger partial charge on any atom is 0.257 e. The Bertz CT molecular complexity index is 546. The van der Waals surface area contributed by atoms with Crippen molar-refractivity contribution < 1.29 is 14.3 Å². The van der Waals surface area contributed by atoms with Gasteiger partial charge in [-0.1, -0.05) is 0 Å². The largest absolute Gasteiger partial charge is 0.419 e. The first kappa shape index (κ1) is 15.6. The van der Waals surface area contributed by atoms with Crippen LogP contribution in [0.3, 0.4) is 0 Å². The highest BCUT2D eigenvalue weighted by molar-refractivity contribution is 9.11. The number of likely N-dealkylation sites (N-methyl/N-ethyl adjacent to an activating group) is 1. The molecule has 0 aliphatic heterocycles. The fraction of sp³-hybridized carbons (Fsp3) is 0.500. The number of hydrogen-bond donors (Lipinski definition) is 1. The molecule has 1 N–H and O–H groups in total. The Morgan fingerprint density at radius 3 is 2.95 bits per heavy atom. The van der Waals surface area contributed by atoms with Gasteiger partial charge in [0.05, 0.1) is 27.9 Å². The molecule has 0 saturated heterocycles. The average molecular weight is 362 g/mol. The van der Waals surface area contributed by atoms with Crippen molar-refractivity contribution in [3.8, 4) is 10.8 Å². The molecule has 110 valence electrons. The minimum Gasteiger partial charge on any atom is -0.419 e. The summed E-state index contributed by atoms with van der Waals surface area (Å²) in [5, 5.41) is 17.7. The number of rotatable bonds is 7. The number of hydrogen-bond acceptors (Lipinski definition) is 7. The second kappa shape index (κ2) is 7.28. The van der Waals surface area contributed by atoms with Crippen LogP contribution in [0.4, 0.5) is 0 Å². The molecule has 1 unspecified atom stereocenters. The highest BCUT2D eigenvalue weighted by Gasteiger charge is 2.14. The van der Waals surface area contributed by atoms with Gasteiger partial charge in [-0.25, -0.2) is 0 Å². The van der Waals surface area contributed by atoms with Crippen LogP contribution in [0.15, 0.2) is 20.3 Å². The Kier molecular flexibility index (Phi) is 5.67. The number of methoxy groups -OCH3 is 1. The van der Waals surface area contributed by atoms with E-state index in [-0.39, 0.29) is 0 Å². The van der Waals surface area contributed by atoms with Crippen LogP contribution in [-0.4, -0.2) is 53.6 Å². The van der Waals surface area contributed by atoms with Crippen LogP contribution in [0.2, 0.25) is 0 Å². The predicted molar refractivity (Wildman–Crippen MR) is 79.5 cm³/mol. The van der Waals surface area contributed by atoms with Crippen LogP contribution >= 0.6 is 27.3 Å². The SMILES string of the molecule is COCC(O)CN(C)Cc1nnc(-c2ccc(Br)s2)o1. The van der Waals surface area contributed by atoms with E-state index >= 15 is 0 Å². The van der Waals surface area contributed by atoms with Gasteiger partial charge in [0.2, 0.25) is 5.89 Å². The van der Waals surface area contributed by atoms with Crippen LogP contribution in [-0.2, 0) is 11.3 Å². The minimum absolute atomic E-state index is 0.308. The summed E-state index contributed by atoms with van der Waals surface area (Å²) in [6, 6.07) is 3.87. The number of aliphatic hydroxyl groups excluding tert-OH is 1. The molecule has 6 nitrogen and oxygen atoms in total. The number of nitrogens with zero attached hydrogens (tertiary/aromatic N) is 3. The first-order valence-electron chi connectivity index (χ1n) is 6.02. The fourth-order valence-electron chi connectivity index (χ4n) is 1.75. The van der Waals surface area contributed by atoms with Crippen LogP contribution in [0, 0.1) is 0 Å². The average Bonchev–Trinajstić information content (AvgIpc) is 2.98. The van der Waals surface area contributed by atoms with Gasteiger partial charge in [0.1, 0.15) is 0 Å². The lowest BCUT2D eigenvalue weighted by molar-refractivity contribution is 0.0404. The lowest BCUT2D eigenvalue weighted by Crippen LogP contribution is -2.31. The number of aromatic nitrogens is 2. The zero-order valence-electron chi connectivity index (χ0n) is 11.2. The molecule has 0 bridgehead atoms. The number of ether oxygens (including phenoxy) is 1. The van der Waals surface area contributed by atoms with E-state index in [9.17, 15) is 5.11 Å². The Hall–Kier alpha value is -0.800. The Morgan fingerprint density at radius 1 is 1.50 bits per heavy atom. The smallest absolute Gasteiger partial charge is 0.257 e. The molecule has 8 heteroatoms. The van der Waals surface area contributed by atoms with Crippen LogP contribution in [0.1, 0.15) is 5.89 Å². The van der Waals surface area contributed by atoms with E-state index in [1.54, 1.807) is 18.4 Å². The number of thiophene rings is 1.